The van der Waals surface area contributed by atoms with Crippen LogP contribution < -0.4 is 5.32 Å². The number of amides is 3. The number of urea groups is 1. The molecule has 0 aliphatic carbocycles. The lowest BCUT2D eigenvalue weighted by molar-refractivity contribution is -0.124. The Bertz CT molecular complexity index is 582. The van der Waals surface area contributed by atoms with Gasteiger partial charge in [0.2, 0.25) is 14.2 Å². The zero-order valence-electron chi connectivity index (χ0n) is 14.3. The number of hydrogen-bond acceptors (Lipinski definition) is 4. The van der Waals surface area contributed by atoms with E-state index in [-0.39, 0.29) is 24.5 Å². The van der Waals surface area contributed by atoms with Crippen molar-refractivity contribution in [2.75, 3.05) is 13.1 Å². The average molecular weight is 336 g/mol. The van der Waals surface area contributed by atoms with Crippen LogP contribution in [0.2, 0.25) is 18.6 Å². The summed E-state index contributed by atoms with van der Waals surface area (Å²) >= 11 is 0. The van der Waals surface area contributed by atoms with Crippen LogP contribution in [0.3, 0.4) is 0 Å². The number of nitrogens with zero attached hydrogens (tertiary/aromatic N) is 3. The maximum Gasteiger partial charge on any atom is 0.344 e. The van der Waals surface area contributed by atoms with Gasteiger partial charge >= 0.3 is 6.03 Å². The van der Waals surface area contributed by atoms with Crippen LogP contribution in [0.1, 0.15) is 20.8 Å². The molecule has 2 bridgehead atoms. The molecule has 1 fully saturated rings. The lowest BCUT2D eigenvalue weighted by Gasteiger charge is -2.32. The first-order valence-corrected chi connectivity index (χ1v) is 10.8. The summed E-state index contributed by atoms with van der Waals surface area (Å²) in [5.74, 6) is -0.325. The molecule has 0 unspecified atom stereocenters. The summed E-state index contributed by atoms with van der Waals surface area (Å²) in [4.78, 5) is 26.5. The minimum Gasteiger partial charge on any atom is -0.341 e. The predicted octanol–water partition coefficient (Wildman–Crippen LogP) is 1.61. The molecule has 7 nitrogen and oxygen atoms in total. The molecule has 0 aromatic rings. The molecule has 2 aliphatic heterocycles. The van der Waals surface area contributed by atoms with Crippen LogP contribution >= 0.6 is 0 Å². The van der Waals surface area contributed by atoms with Crippen molar-refractivity contribution < 1.29 is 14.1 Å². The molecule has 0 spiro atoms. The normalized spacial score (nSPS) is 23.9. The monoisotopic (exact) mass is 336 g/mol. The Labute approximate surface area is 138 Å². The number of hydrogen-bond donors (Lipinski definition) is 1. The highest BCUT2D eigenvalue weighted by molar-refractivity contribution is 6.72. The number of rotatable bonds is 5. The van der Waals surface area contributed by atoms with Gasteiger partial charge in [-0.1, -0.05) is 19.9 Å². The summed E-state index contributed by atoms with van der Waals surface area (Å²) in [5.41, 5.74) is 1.17. The van der Waals surface area contributed by atoms with E-state index in [1.165, 1.54) is 9.96 Å². The molecule has 1 saturated heterocycles. The lowest BCUT2D eigenvalue weighted by Crippen LogP contribution is -2.50. The molecule has 0 aromatic carbocycles. The van der Waals surface area contributed by atoms with Crippen molar-refractivity contribution in [1.82, 2.24) is 15.3 Å². The number of hydroxylamine groups is 2. The minimum atomic E-state index is -2.03. The number of carbonyl (C=O) groups is 2. The summed E-state index contributed by atoms with van der Waals surface area (Å²) in [5, 5.41) is 12.6. The Morgan fingerprint density at radius 3 is 2.78 bits per heavy atom. The maximum atomic E-state index is 12.7. The first-order chi connectivity index (χ1) is 10.7. The third-order valence-corrected chi connectivity index (χ3v) is 8.08. The summed E-state index contributed by atoms with van der Waals surface area (Å²) in [6, 6.07) is 0.777. The van der Waals surface area contributed by atoms with Crippen LogP contribution in [0.5, 0.6) is 0 Å². The number of nitriles is 1. The van der Waals surface area contributed by atoms with Crippen molar-refractivity contribution in [2.45, 2.75) is 51.5 Å². The summed E-state index contributed by atoms with van der Waals surface area (Å²) in [6.07, 6.45) is 1.92. The molecule has 2 aliphatic rings. The Balaban J connectivity index is 2.20. The van der Waals surface area contributed by atoms with Gasteiger partial charge in [-0.2, -0.15) is 5.26 Å². The fourth-order valence-corrected chi connectivity index (χ4v) is 3.57. The van der Waals surface area contributed by atoms with Crippen molar-refractivity contribution in [1.29, 1.82) is 5.26 Å². The van der Waals surface area contributed by atoms with Gasteiger partial charge in [-0.25, -0.2) is 9.86 Å². The molecule has 0 radical (unpaired) electrons. The van der Waals surface area contributed by atoms with E-state index in [2.05, 4.69) is 32.3 Å². The Kier molecular flexibility index (Phi) is 4.82. The first-order valence-electron chi connectivity index (χ1n) is 7.81. The van der Waals surface area contributed by atoms with Gasteiger partial charge in [-0.05, 0) is 31.1 Å². The van der Waals surface area contributed by atoms with E-state index in [0.29, 0.717) is 12.1 Å². The van der Waals surface area contributed by atoms with Crippen molar-refractivity contribution in [3.63, 3.8) is 0 Å². The van der Waals surface area contributed by atoms with E-state index in [4.69, 9.17) is 9.79 Å². The van der Waals surface area contributed by atoms with E-state index < -0.39 is 14.4 Å². The molecule has 0 aromatic heterocycles. The Morgan fingerprint density at radius 2 is 2.22 bits per heavy atom. The van der Waals surface area contributed by atoms with Crippen molar-refractivity contribution in [3.8, 4) is 6.07 Å². The second-order valence-corrected chi connectivity index (χ2v) is 11.4. The minimum absolute atomic E-state index is 0.0679. The van der Waals surface area contributed by atoms with E-state index in [1.807, 2.05) is 19.1 Å². The zero-order valence-corrected chi connectivity index (χ0v) is 15.3. The molecular formula is C15H24N4O3Si. The highest BCUT2D eigenvalue weighted by atomic mass is 28.4. The third kappa shape index (κ3) is 3.26. The summed E-state index contributed by atoms with van der Waals surface area (Å²) in [6.45, 7) is 10.5. The SMILES string of the molecule is CC1=C[C@H]2CN(C(=O)N2O[Si](C)(C)C(C)C)[C@@H]1C(=O)NCC#N. The molecular weight excluding hydrogens is 312 g/mol. The highest BCUT2D eigenvalue weighted by Crippen LogP contribution is 2.33. The van der Waals surface area contributed by atoms with E-state index in [0.717, 1.165) is 5.57 Å². The van der Waals surface area contributed by atoms with Gasteiger partial charge in [0.15, 0.2) is 0 Å². The fourth-order valence-electron chi connectivity index (χ4n) is 2.64. The Morgan fingerprint density at radius 1 is 1.57 bits per heavy atom. The molecule has 2 rings (SSSR count). The molecule has 23 heavy (non-hydrogen) atoms. The van der Waals surface area contributed by atoms with Crippen LogP contribution in [0, 0.1) is 11.3 Å². The average Bonchev–Trinajstić information content (AvgIpc) is 2.70. The third-order valence-electron chi connectivity index (χ3n) is 4.63. The second kappa shape index (κ2) is 6.33. The molecule has 126 valence electrons. The largest absolute Gasteiger partial charge is 0.344 e. The topological polar surface area (TPSA) is 85.7 Å². The molecule has 2 atom stereocenters. The summed E-state index contributed by atoms with van der Waals surface area (Å²) < 4.78 is 6.10. The molecule has 2 heterocycles. The highest BCUT2D eigenvalue weighted by Gasteiger charge is 2.49. The van der Waals surface area contributed by atoms with Crippen molar-refractivity contribution >= 4 is 20.3 Å². The number of nitrogens with one attached hydrogen (secondary N) is 1. The Hall–Kier alpha value is -1.85. The van der Waals surface area contributed by atoms with Gasteiger partial charge in [0.25, 0.3) is 0 Å². The molecule has 3 amide bonds. The molecule has 8 heteroatoms. The van der Waals surface area contributed by atoms with Gasteiger partial charge in [0.1, 0.15) is 12.6 Å². The lowest BCUT2D eigenvalue weighted by atomic mass is 10.00. The predicted molar refractivity (Wildman–Crippen MR) is 87.6 cm³/mol. The fraction of sp³-hybridized carbons (Fsp3) is 0.667. The van der Waals surface area contributed by atoms with Gasteiger partial charge in [0, 0.05) is 0 Å². The van der Waals surface area contributed by atoms with E-state index >= 15 is 0 Å². The molecule has 1 N–H and O–H groups in total. The smallest absolute Gasteiger partial charge is 0.341 e. The van der Waals surface area contributed by atoms with E-state index in [9.17, 15) is 9.59 Å². The number of fused-ring (bicyclic) bond motifs is 2. The van der Waals surface area contributed by atoms with Crippen LogP contribution in [-0.2, 0) is 9.32 Å². The maximum absolute atomic E-state index is 12.7. The van der Waals surface area contributed by atoms with Gasteiger partial charge in [-0.15, -0.1) is 0 Å². The quantitative estimate of drug-likeness (QED) is 0.469. The van der Waals surface area contributed by atoms with Gasteiger partial charge in [-0.3, -0.25) is 4.79 Å². The zero-order chi connectivity index (χ0) is 17.4. The first kappa shape index (κ1) is 17.5. The second-order valence-electron chi connectivity index (χ2n) is 6.87. The number of carbonyl (C=O) groups excluding carboxylic acids is 2. The molecule has 0 saturated carbocycles. The summed E-state index contributed by atoms with van der Waals surface area (Å²) in [7, 11) is -2.03. The van der Waals surface area contributed by atoms with Crippen LogP contribution in [-0.4, -0.2) is 55.4 Å². The van der Waals surface area contributed by atoms with Crippen molar-refractivity contribution in [2.24, 2.45) is 0 Å². The van der Waals surface area contributed by atoms with Crippen LogP contribution in [0.15, 0.2) is 11.6 Å². The van der Waals surface area contributed by atoms with Crippen LogP contribution in [0.25, 0.3) is 0 Å². The standard InChI is InChI=1S/C15H24N4O3Si/c1-10(2)23(4,5)22-19-12-8-11(3)13(14(20)17-7-6-16)18(9-12)15(19)21/h8,10,12-13H,7,9H2,1-5H3,(H,17,20)/t12-,13-/m0/s1. The van der Waals surface area contributed by atoms with E-state index in [1.54, 1.807) is 0 Å². The van der Waals surface area contributed by atoms with Gasteiger partial charge in [0.05, 0.1) is 18.7 Å². The van der Waals surface area contributed by atoms with Crippen molar-refractivity contribution in [3.05, 3.63) is 11.6 Å². The van der Waals surface area contributed by atoms with Crippen LogP contribution in [0.4, 0.5) is 4.79 Å². The van der Waals surface area contributed by atoms with Gasteiger partial charge < -0.3 is 14.7 Å².